The van der Waals surface area contributed by atoms with Crippen LogP contribution in [0.15, 0.2) is 36.5 Å². The molecule has 1 aromatic heterocycles. The number of amides is 3. The summed E-state index contributed by atoms with van der Waals surface area (Å²) in [6.07, 6.45) is -2.10. The van der Waals surface area contributed by atoms with Crippen molar-refractivity contribution in [3.05, 3.63) is 52.8 Å². The Hall–Kier alpha value is -3.47. The number of imide groups is 1. The predicted octanol–water partition coefficient (Wildman–Crippen LogP) is 3.46. The number of pyridine rings is 1. The molecule has 2 aliphatic heterocycles. The van der Waals surface area contributed by atoms with Crippen LogP contribution in [0.2, 0.25) is 5.15 Å². The summed E-state index contributed by atoms with van der Waals surface area (Å²) in [4.78, 5) is 43.0. The fourth-order valence-electron chi connectivity index (χ4n) is 3.83. The van der Waals surface area contributed by atoms with Gasteiger partial charge in [-0.15, -0.1) is 8.78 Å². The van der Waals surface area contributed by atoms with Crippen LogP contribution in [0.1, 0.15) is 31.0 Å². The fraction of sp³-hybridized carbons (Fsp3) is 0.364. The van der Waals surface area contributed by atoms with Gasteiger partial charge in [0.2, 0.25) is 5.91 Å². The van der Waals surface area contributed by atoms with E-state index >= 15 is 0 Å². The minimum atomic E-state index is -3.76. The molecular weight excluding hydrogens is 476 g/mol. The Morgan fingerprint density at radius 1 is 1.26 bits per heavy atom. The molecule has 0 aliphatic carbocycles. The molecule has 1 saturated heterocycles. The molecule has 180 valence electrons. The largest absolute Gasteiger partial charge is 0.586 e. The van der Waals surface area contributed by atoms with Gasteiger partial charge in [0.15, 0.2) is 17.5 Å². The molecule has 1 aromatic carbocycles. The molecule has 2 aliphatic rings. The number of esters is 1. The normalized spacial score (nSPS) is 21.0. The first-order valence-corrected chi connectivity index (χ1v) is 10.8. The third-order valence-electron chi connectivity index (χ3n) is 5.47. The van der Waals surface area contributed by atoms with E-state index in [9.17, 15) is 23.2 Å². The van der Waals surface area contributed by atoms with Crippen LogP contribution >= 0.6 is 11.6 Å². The number of benzene rings is 1. The number of fused-ring (bicyclic) bond motifs is 1. The summed E-state index contributed by atoms with van der Waals surface area (Å²) in [7, 11) is 0. The Bertz CT molecular complexity index is 1130. The molecule has 0 spiro atoms. The minimum absolute atomic E-state index is 0.0758. The summed E-state index contributed by atoms with van der Waals surface area (Å²) in [5.74, 6) is -2.38. The molecule has 0 saturated carbocycles. The molecule has 1 fully saturated rings. The third kappa shape index (κ3) is 4.60. The summed E-state index contributed by atoms with van der Waals surface area (Å²) >= 11 is 5.79. The number of nitrogens with one attached hydrogen (secondary N) is 1. The van der Waals surface area contributed by atoms with Gasteiger partial charge in [-0.1, -0.05) is 23.7 Å². The zero-order valence-corrected chi connectivity index (χ0v) is 18.8. The van der Waals surface area contributed by atoms with E-state index in [1.807, 2.05) is 0 Å². The lowest BCUT2D eigenvalue weighted by Gasteiger charge is -2.44. The van der Waals surface area contributed by atoms with Crippen LogP contribution in [-0.4, -0.2) is 46.7 Å². The van der Waals surface area contributed by atoms with E-state index in [4.69, 9.17) is 16.3 Å². The van der Waals surface area contributed by atoms with Crippen LogP contribution < -0.4 is 14.8 Å². The van der Waals surface area contributed by atoms with Crippen molar-refractivity contribution in [2.75, 3.05) is 6.61 Å². The SMILES string of the molecule is CCOC(=O)C1[C@@H](Cc2ccc(Cl)nc2)C(=O)N1C(=O)NC(C)c1ccc2c(c1)OC(F)(F)O2. The van der Waals surface area contributed by atoms with E-state index in [0.717, 1.165) is 4.90 Å². The standard InChI is InChI=1S/C22H20ClF2N3O6/c1-3-32-20(30)18-14(8-12-4-7-17(23)26-10-12)19(29)28(18)21(31)27-11(2)13-5-6-15-16(9-13)34-22(24,25)33-15/h4-7,9-11,14,18H,3,8H2,1-2H3,(H,27,31)/t11?,14-,18?/m1/s1. The highest BCUT2D eigenvalue weighted by atomic mass is 35.5. The highest BCUT2D eigenvalue weighted by molar-refractivity contribution is 6.29. The minimum Gasteiger partial charge on any atom is -0.464 e. The first-order valence-electron chi connectivity index (χ1n) is 10.4. The summed E-state index contributed by atoms with van der Waals surface area (Å²) < 4.78 is 40.4. The van der Waals surface area contributed by atoms with E-state index in [1.54, 1.807) is 26.0 Å². The summed E-state index contributed by atoms with van der Waals surface area (Å²) in [5.41, 5.74) is 1.10. The number of likely N-dealkylation sites (tertiary alicyclic amines) is 1. The Labute approximate surface area is 197 Å². The van der Waals surface area contributed by atoms with Gasteiger partial charge >= 0.3 is 18.3 Å². The Morgan fingerprint density at radius 2 is 2.00 bits per heavy atom. The molecule has 9 nitrogen and oxygen atoms in total. The monoisotopic (exact) mass is 495 g/mol. The van der Waals surface area contributed by atoms with Crippen molar-refractivity contribution < 1.29 is 37.4 Å². The van der Waals surface area contributed by atoms with Crippen molar-refractivity contribution in [2.24, 2.45) is 5.92 Å². The van der Waals surface area contributed by atoms with E-state index in [0.29, 0.717) is 11.1 Å². The van der Waals surface area contributed by atoms with Crippen molar-refractivity contribution in [2.45, 2.75) is 38.6 Å². The lowest BCUT2D eigenvalue weighted by molar-refractivity contribution is -0.286. The number of aromatic nitrogens is 1. The number of hydrogen-bond donors (Lipinski definition) is 1. The maximum Gasteiger partial charge on any atom is 0.586 e. The van der Waals surface area contributed by atoms with E-state index in [2.05, 4.69) is 19.8 Å². The van der Waals surface area contributed by atoms with Gasteiger partial charge in [0.05, 0.1) is 18.6 Å². The van der Waals surface area contributed by atoms with E-state index in [-0.39, 0.29) is 29.7 Å². The maximum atomic E-state index is 13.3. The van der Waals surface area contributed by atoms with Crippen molar-refractivity contribution in [3.63, 3.8) is 0 Å². The smallest absolute Gasteiger partial charge is 0.464 e. The van der Waals surface area contributed by atoms with Crippen LogP contribution in [0.5, 0.6) is 11.5 Å². The summed E-state index contributed by atoms with van der Waals surface area (Å²) in [6, 6.07) is 4.68. The average Bonchev–Trinajstić information content (AvgIpc) is 3.09. The number of β-lactam (4-membered cyclic amide) rings is 1. The van der Waals surface area contributed by atoms with Gasteiger partial charge in [-0.05, 0) is 49.6 Å². The second-order valence-electron chi connectivity index (χ2n) is 7.75. The highest BCUT2D eigenvalue weighted by Gasteiger charge is 2.55. The van der Waals surface area contributed by atoms with Gasteiger partial charge in [-0.25, -0.2) is 19.5 Å². The number of carbonyl (C=O) groups excluding carboxylic acids is 3. The van der Waals surface area contributed by atoms with Crippen LogP contribution in [0.4, 0.5) is 13.6 Å². The molecule has 3 heterocycles. The van der Waals surface area contributed by atoms with Crippen molar-refractivity contribution >= 4 is 29.5 Å². The van der Waals surface area contributed by atoms with Crippen molar-refractivity contribution in [1.82, 2.24) is 15.2 Å². The zero-order chi connectivity index (χ0) is 24.6. The van der Waals surface area contributed by atoms with Gasteiger partial charge in [0.1, 0.15) is 5.15 Å². The van der Waals surface area contributed by atoms with Crippen LogP contribution in [0.25, 0.3) is 0 Å². The van der Waals surface area contributed by atoms with Crippen LogP contribution in [-0.2, 0) is 20.7 Å². The lowest BCUT2D eigenvalue weighted by Crippen LogP contribution is -2.69. The number of alkyl halides is 2. The van der Waals surface area contributed by atoms with Gasteiger partial charge < -0.3 is 19.5 Å². The molecule has 12 heteroatoms. The Balaban J connectivity index is 1.47. The first-order chi connectivity index (χ1) is 16.1. The number of ether oxygens (including phenoxy) is 3. The summed E-state index contributed by atoms with van der Waals surface area (Å²) in [6.45, 7) is 3.28. The number of hydrogen-bond acceptors (Lipinski definition) is 7. The van der Waals surface area contributed by atoms with E-state index < -0.39 is 42.2 Å². The topological polar surface area (TPSA) is 107 Å². The second-order valence-corrected chi connectivity index (χ2v) is 8.14. The predicted molar refractivity (Wildman–Crippen MR) is 113 cm³/mol. The van der Waals surface area contributed by atoms with Crippen molar-refractivity contribution in [3.8, 4) is 11.5 Å². The van der Waals surface area contributed by atoms with Gasteiger partial charge in [-0.2, -0.15) is 0 Å². The molecule has 0 bridgehead atoms. The maximum absolute atomic E-state index is 13.3. The summed E-state index contributed by atoms with van der Waals surface area (Å²) in [5, 5.41) is 2.89. The molecule has 2 aromatic rings. The van der Waals surface area contributed by atoms with Gasteiger partial charge in [0, 0.05) is 6.20 Å². The van der Waals surface area contributed by atoms with Crippen LogP contribution in [0.3, 0.4) is 0 Å². The first kappa shape index (κ1) is 23.7. The molecule has 3 atom stereocenters. The number of rotatable bonds is 6. The van der Waals surface area contributed by atoms with Crippen LogP contribution in [0, 0.1) is 5.92 Å². The fourth-order valence-corrected chi connectivity index (χ4v) is 3.94. The number of urea groups is 1. The average molecular weight is 496 g/mol. The Kier molecular flexibility index (Phi) is 6.30. The lowest BCUT2D eigenvalue weighted by atomic mass is 9.83. The molecule has 1 N–H and O–H groups in total. The number of nitrogens with zero attached hydrogens (tertiary/aromatic N) is 2. The molecular formula is C22H20ClF2N3O6. The number of halogens is 3. The highest BCUT2D eigenvalue weighted by Crippen LogP contribution is 2.42. The zero-order valence-electron chi connectivity index (χ0n) is 18.1. The molecule has 2 unspecified atom stereocenters. The third-order valence-corrected chi connectivity index (χ3v) is 5.69. The molecule has 34 heavy (non-hydrogen) atoms. The molecule has 4 rings (SSSR count). The quantitative estimate of drug-likeness (QED) is 0.371. The van der Waals surface area contributed by atoms with Gasteiger partial charge in [0.25, 0.3) is 0 Å². The van der Waals surface area contributed by atoms with E-state index in [1.165, 1.54) is 24.4 Å². The second kappa shape index (κ2) is 9.05. The number of carbonyl (C=O) groups is 3. The van der Waals surface area contributed by atoms with Gasteiger partial charge in [-0.3, -0.25) is 4.79 Å². The van der Waals surface area contributed by atoms with Crippen molar-refractivity contribution in [1.29, 1.82) is 0 Å². The molecule has 3 amide bonds. The molecule has 0 radical (unpaired) electrons. The Morgan fingerprint density at radius 3 is 2.68 bits per heavy atom.